The number of benzene rings is 2. The van der Waals surface area contributed by atoms with Crippen molar-refractivity contribution in [3.63, 3.8) is 0 Å². The number of ether oxygens (including phenoxy) is 2. The lowest BCUT2D eigenvalue weighted by Gasteiger charge is -2.18. The summed E-state index contributed by atoms with van der Waals surface area (Å²) in [7, 11) is 0. The fourth-order valence-electron chi connectivity index (χ4n) is 3.60. The Bertz CT molecular complexity index is 962. The number of anilines is 1. The van der Waals surface area contributed by atoms with Gasteiger partial charge < -0.3 is 19.7 Å². The molecule has 0 fully saturated rings. The fourth-order valence-corrected chi connectivity index (χ4v) is 3.60. The molecule has 2 aromatic rings. The number of hydrogen-bond donors (Lipinski definition) is 1. The lowest BCUT2D eigenvalue weighted by atomic mass is 10.1. The molecular formula is C25H30N2O4. The second kappa shape index (κ2) is 10.2. The van der Waals surface area contributed by atoms with Crippen molar-refractivity contribution in [2.45, 2.75) is 40.2 Å². The summed E-state index contributed by atoms with van der Waals surface area (Å²) in [6.07, 6.45) is 4.19. The van der Waals surface area contributed by atoms with Crippen LogP contribution in [-0.4, -0.2) is 42.5 Å². The van der Waals surface area contributed by atoms with Gasteiger partial charge >= 0.3 is 0 Å². The first-order valence-corrected chi connectivity index (χ1v) is 10.8. The van der Waals surface area contributed by atoms with Gasteiger partial charge in [0.2, 0.25) is 5.91 Å². The summed E-state index contributed by atoms with van der Waals surface area (Å²) < 4.78 is 11.6. The molecule has 0 spiro atoms. The third-order valence-electron chi connectivity index (χ3n) is 5.19. The molecule has 0 aromatic heterocycles. The van der Waals surface area contributed by atoms with Crippen LogP contribution in [0.2, 0.25) is 0 Å². The summed E-state index contributed by atoms with van der Waals surface area (Å²) >= 11 is 0. The molecule has 1 aliphatic rings. The predicted molar refractivity (Wildman–Crippen MR) is 123 cm³/mol. The lowest BCUT2D eigenvalue weighted by molar-refractivity contribution is -0.111. The van der Waals surface area contributed by atoms with E-state index >= 15 is 0 Å². The highest BCUT2D eigenvalue weighted by Gasteiger charge is 2.21. The van der Waals surface area contributed by atoms with Gasteiger partial charge in [-0.25, -0.2) is 0 Å². The average Bonchev–Trinajstić information content (AvgIpc) is 3.12. The molecule has 0 saturated heterocycles. The zero-order valence-corrected chi connectivity index (χ0v) is 18.6. The van der Waals surface area contributed by atoms with E-state index in [-0.39, 0.29) is 17.9 Å². The summed E-state index contributed by atoms with van der Waals surface area (Å²) in [5.41, 5.74) is 3.15. The first-order chi connectivity index (χ1) is 14.9. The molecule has 0 bridgehead atoms. The van der Waals surface area contributed by atoms with Crippen LogP contribution >= 0.6 is 0 Å². The van der Waals surface area contributed by atoms with Crippen LogP contribution in [0.15, 0.2) is 42.5 Å². The van der Waals surface area contributed by atoms with E-state index in [4.69, 9.17) is 9.47 Å². The summed E-state index contributed by atoms with van der Waals surface area (Å²) in [5, 5.41) is 2.82. The van der Waals surface area contributed by atoms with E-state index in [1.807, 2.05) is 39.8 Å². The number of carbonyl (C=O) groups excluding carboxylic acids is 2. The van der Waals surface area contributed by atoms with Crippen molar-refractivity contribution in [2.24, 2.45) is 0 Å². The maximum absolute atomic E-state index is 12.4. The van der Waals surface area contributed by atoms with Crippen molar-refractivity contribution < 1.29 is 19.1 Å². The number of amides is 2. The van der Waals surface area contributed by atoms with Gasteiger partial charge in [0, 0.05) is 48.0 Å². The minimum Gasteiger partial charge on any atom is -0.493 e. The molecule has 1 atom stereocenters. The Hall–Kier alpha value is -3.28. The van der Waals surface area contributed by atoms with Crippen LogP contribution in [0, 0.1) is 0 Å². The zero-order valence-electron chi connectivity index (χ0n) is 18.6. The highest BCUT2D eigenvalue weighted by atomic mass is 16.5. The van der Waals surface area contributed by atoms with Gasteiger partial charge in [0.05, 0.1) is 6.61 Å². The second-order valence-corrected chi connectivity index (χ2v) is 7.44. The van der Waals surface area contributed by atoms with Crippen LogP contribution in [0.25, 0.3) is 6.08 Å². The standard InChI is InChI=1S/C25H30N2O4/c1-5-27(6-2)25(29)18-8-11-21(12-9-18)26-24(28)13-10-19-15-23-20(14-17(4)31-23)16-22(19)30-7-3/h8-13,15-17H,5-7,14H2,1-4H3,(H,26,28)/b13-10+/t17-/m0/s1. The van der Waals surface area contributed by atoms with E-state index in [0.717, 1.165) is 29.0 Å². The van der Waals surface area contributed by atoms with Crippen LogP contribution < -0.4 is 14.8 Å². The van der Waals surface area contributed by atoms with Crippen LogP contribution in [0.5, 0.6) is 11.5 Å². The quantitative estimate of drug-likeness (QED) is 0.634. The minimum absolute atomic E-state index is 0.0145. The van der Waals surface area contributed by atoms with Gasteiger partial charge in [0.25, 0.3) is 5.91 Å². The predicted octanol–water partition coefficient (Wildman–Crippen LogP) is 4.54. The molecule has 1 aliphatic heterocycles. The third kappa shape index (κ3) is 5.45. The number of hydrogen-bond acceptors (Lipinski definition) is 4. The van der Waals surface area contributed by atoms with Gasteiger partial charge in [-0.1, -0.05) is 0 Å². The molecule has 6 heteroatoms. The van der Waals surface area contributed by atoms with E-state index in [9.17, 15) is 9.59 Å². The number of rotatable bonds is 8. The molecule has 1 N–H and O–H groups in total. The molecule has 0 radical (unpaired) electrons. The van der Waals surface area contributed by atoms with Gasteiger partial charge in [0.1, 0.15) is 17.6 Å². The Morgan fingerprint density at radius 1 is 1.16 bits per heavy atom. The minimum atomic E-state index is -0.264. The monoisotopic (exact) mass is 422 g/mol. The largest absolute Gasteiger partial charge is 0.493 e. The first-order valence-electron chi connectivity index (χ1n) is 10.8. The van der Waals surface area contributed by atoms with Crippen LogP contribution in [0.1, 0.15) is 49.2 Å². The summed E-state index contributed by atoms with van der Waals surface area (Å²) in [6, 6.07) is 10.8. The number of nitrogens with zero attached hydrogens (tertiary/aromatic N) is 1. The van der Waals surface area contributed by atoms with Crippen molar-refractivity contribution in [3.05, 3.63) is 59.2 Å². The number of fused-ring (bicyclic) bond motifs is 1. The SMILES string of the molecule is CCOc1cc2c(cc1/C=C/C(=O)Nc1ccc(C(=O)N(CC)CC)cc1)O[C@@H](C)C2. The smallest absolute Gasteiger partial charge is 0.253 e. The molecule has 6 nitrogen and oxygen atoms in total. The van der Waals surface area contributed by atoms with E-state index in [1.165, 1.54) is 6.08 Å². The summed E-state index contributed by atoms with van der Waals surface area (Å²) in [6.45, 7) is 9.73. The number of carbonyl (C=O) groups is 2. The fraction of sp³-hybridized carbons (Fsp3) is 0.360. The first kappa shape index (κ1) is 22.4. The molecule has 2 aromatic carbocycles. The Kier molecular flexibility index (Phi) is 7.34. The lowest BCUT2D eigenvalue weighted by Crippen LogP contribution is -2.30. The van der Waals surface area contributed by atoms with E-state index in [1.54, 1.807) is 35.2 Å². The van der Waals surface area contributed by atoms with Crippen molar-refractivity contribution in [2.75, 3.05) is 25.0 Å². The Morgan fingerprint density at radius 2 is 1.87 bits per heavy atom. The normalized spacial score (nSPS) is 14.8. The van der Waals surface area contributed by atoms with Gasteiger partial charge in [-0.15, -0.1) is 0 Å². The van der Waals surface area contributed by atoms with Crippen LogP contribution in [0.4, 0.5) is 5.69 Å². The van der Waals surface area contributed by atoms with Crippen molar-refractivity contribution in [1.29, 1.82) is 0 Å². The molecule has 31 heavy (non-hydrogen) atoms. The van der Waals surface area contributed by atoms with Gasteiger partial charge in [0.15, 0.2) is 0 Å². The van der Waals surface area contributed by atoms with Crippen molar-refractivity contribution in [3.8, 4) is 11.5 Å². The van der Waals surface area contributed by atoms with Gasteiger partial charge in [-0.05, 0) is 70.2 Å². The maximum Gasteiger partial charge on any atom is 0.253 e. The van der Waals surface area contributed by atoms with Crippen molar-refractivity contribution >= 4 is 23.6 Å². The third-order valence-corrected chi connectivity index (χ3v) is 5.19. The highest BCUT2D eigenvalue weighted by molar-refractivity contribution is 6.02. The van der Waals surface area contributed by atoms with E-state index in [2.05, 4.69) is 5.32 Å². The molecule has 0 aliphatic carbocycles. The Morgan fingerprint density at radius 3 is 2.52 bits per heavy atom. The van der Waals surface area contributed by atoms with E-state index in [0.29, 0.717) is 30.9 Å². The molecular weight excluding hydrogens is 392 g/mol. The Balaban J connectivity index is 1.68. The molecule has 2 amide bonds. The second-order valence-electron chi connectivity index (χ2n) is 7.44. The topological polar surface area (TPSA) is 67.9 Å². The molecule has 3 rings (SSSR count). The molecule has 0 saturated carbocycles. The highest BCUT2D eigenvalue weighted by Crippen LogP contribution is 2.35. The maximum atomic E-state index is 12.4. The average molecular weight is 423 g/mol. The van der Waals surface area contributed by atoms with Gasteiger partial charge in [-0.2, -0.15) is 0 Å². The van der Waals surface area contributed by atoms with Crippen molar-refractivity contribution in [1.82, 2.24) is 4.90 Å². The van der Waals surface area contributed by atoms with Gasteiger partial charge in [-0.3, -0.25) is 9.59 Å². The molecule has 1 heterocycles. The van der Waals surface area contributed by atoms with E-state index < -0.39 is 0 Å². The van der Waals surface area contributed by atoms with Crippen LogP contribution in [0.3, 0.4) is 0 Å². The molecule has 164 valence electrons. The Labute approximate surface area is 183 Å². The number of nitrogens with one attached hydrogen (secondary N) is 1. The molecule has 0 unspecified atom stereocenters. The summed E-state index contributed by atoms with van der Waals surface area (Å²) in [4.78, 5) is 26.6. The summed E-state index contributed by atoms with van der Waals surface area (Å²) in [5.74, 6) is 1.30. The zero-order chi connectivity index (χ0) is 22.4. The van der Waals surface area contributed by atoms with Crippen LogP contribution in [-0.2, 0) is 11.2 Å².